The normalized spacial score (nSPS) is 12.6. The largest absolute Gasteiger partial charge is 0.484 e. The van der Waals surface area contributed by atoms with Crippen molar-refractivity contribution in [2.45, 2.75) is 12.2 Å². The van der Waals surface area contributed by atoms with Crippen LogP contribution < -0.4 is 10.1 Å². The number of alkyl halides is 3. The molecule has 0 aliphatic rings. The first kappa shape index (κ1) is 21.2. The number of rotatable bonds is 8. The number of hydrogen-bond donors (Lipinski definition) is 1. The summed E-state index contributed by atoms with van der Waals surface area (Å²) in [7, 11) is 3.51. The molecule has 8 nitrogen and oxygen atoms in total. The van der Waals surface area contributed by atoms with Crippen LogP contribution in [-0.2, 0) is 0 Å². The number of nitrogens with one attached hydrogen (secondary N) is 1. The summed E-state index contributed by atoms with van der Waals surface area (Å²) in [6.45, 7) is -1.52. The number of halogens is 3. The van der Waals surface area contributed by atoms with E-state index in [1.165, 1.54) is 6.26 Å². The highest BCUT2D eigenvalue weighted by Crippen LogP contribution is 2.26. The molecule has 0 saturated carbocycles. The van der Waals surface area contributed by atoms with Gasteiger partial charge in [0.2, 0.25) is 0 Å². The maximum absolute atomic E-state index is 12.5. The summed E-state index contributed by atoms with van der Waals surface area (Å²) < 4.78 is 46.8. The quantitative estimate of drug-likeness (QED) is 0.539. The maximum atomic E-state index is 12.5. The highest BCUT2D eigenvalue weighted by molar-refractivity contribution is 5.98. The molecule has 11 heteroatoms. The van der Waals surface area contributed by atoms with Gasteiger partial charge in [-0.3, -0.25) is 19.8 Å². The van der Waals surface area contributed by atoms with Crippen molar-refractivity contribution in [2.24, 2.45) is 0 Å². The van der Waals surface area contributed by atoms with Gasteiger partial charge in [0.1, 0.15) is 17.1 Å². The predicted octanol–water partition coefficient (Wildman–Crippen LogP) is 3.16. The number of amides is 1. The first-order valence-corrected chi connectivity index (χ1v) is 8.04. The zero-order valence-corrected chi connectivity index (χ0v) is 15.0. The first-order chi connectivity index (χ1) is 13.1. The minimum Gasteiger partial charge on any atom is -0.484 e. The Morgan fingerprint density at radius 2 is 2.07 bits per heavy atom. The monoisotopic (exact) mass is 401 g/mol. The van der Waals surface area contributed by atoms with Crippen LogP contribution in [0.25, 0.3) is 0 Å². The number of nitro groups is 1. The minimum absolute atomic E-state index is 0.0597. The van der Waals surface area contributed by atoms with E-state index in [2.05, 4.69) is 10.1 Å². The molecule has 0 spiro atoms. The number of furan rings is 1. The van der Waals surface area contributed by atoms with Gasteiger partial charge in [-0.25, -0.2) is 0 Å². The van der Waals surface area contributed by atoms with Gasteiger partial charge in [-0.1, -0.05) is 0 Å². The summed E-state index contributed by atoms with van der Waals surface area (Å²) in [5.74, 6) is -0.548. The van der Waals surface area contributed by atoms with Crippen LogP contribution in [0, 0.1) is 10.1 Å². The molecule has 0 radical (unpaired) electrons. The minimum atomic E-state index is -4.58. The van der Waals surface area contributed by atoms with E-state index in [4.69, 9.17) is 4.42 Å². The Kier molecular flexibility index (Phi) is 6.62. The van der Waals surface area contributed by atoms with E-state index in [-0.39, 0.29) is 18.3 Å². The fraction of sp³-hybridized carbons (Fsp3) is 0.353. The second-order valence-electron chi connectivity index (χ2n) is 6.04. The standard InChI is InChI=1S/C17H18F3N3O5/c1-22(2)14(15-4-3-7-27-15)9-21-16(24)12-8-11(28-10-17(18,19)20)5-6-13(12)23(25)26/h3-8,14H,9-10H2,1-2H3,(H,21,24). The first-order valence-electron chi connectivity index (χ1n) is 8.04. The molecule has 1 unspecified atom stereocenters. The zero-order chi connectivity index (χ0) is 20.9. The summed E-state index contributed by atoms with van der Waals surface area (Å²) in [6, 6.07) is 5.90. The molecular formula is C17H18F3N3O5. The van der Waals surface area contributed by atoms with Crippen molar-refractivity contribution in [1.29, 1.82) is 0 Å². The lowest BCUT2D eigenvalue weighted by Gasteiger charge is -2.22. The summed E-state index contributed by atoms with van der Waals surface area (Å²) in [5, 5.41) is 13.7. The van der Waals surface area contributed by atoms with Crippen molar-refractivity contribution in [2.75, 3.05) is 27.2 Å². The maximum Gasteiger partial charge on any atom is 0.422 e. The number of carbonyl (C=O) groups excluding carboxylic acids is 1. The lowest BCUT2D eigenvalue weighted by atomic mass is 10.1. The topological polar surface area (TPSA) is 97.9 Å². The Labute approximate surface area is 158 Å². The fourth-order valence-electron chi connectivity index (χ4n) is 2.41. The molecule has 2 rings (SSSR count). The summed E-state index contributed by atoms with van der Waals surface area (Å²) in [5.41, 5.74) is -0.946. The third-order valence-corrected chi connectivity index (χ3v) is 3.76. The average Bonchev–Trinajstić information content (AvgIpc) is 3.13. The van der Waals surface area contributed by atoms with Gasteiger partial charge in [0.25, 0.3) is 11.6 Å². The highest BCUT2D eigenvalue weighted by Gasteiger charge is 2.29. The summed E-state index contributed by atoms with van der Waals surface area (Å²) >= 11 is 0. The molecule has 1 aromatic carbocycles. The molecule has 0 saturated heterocycles. The zero-order valence-electron chi connectivity index (χ0n) is 15.0. The second-order valence-corrected chi connectivity index (χ2v) is 6.04. The van der Waals surface area contributed by atoms with Crippen molar-refractivity contribution in [3.05, 3.63) is 58.0 Å². The van der Waals surface area contributed by atoms with E-state index in [0.29, 0.717) is 5.76 Å². The van der Waals surface area contributed by atoms with E-state index in [1.807, 2.05) is 0 Å². The smallest absolute Gasteiger partial charge is 0.422 e. The van der Waals surface area contributed by atoms with Crippen LogP contribution in [0.2, 0.25) is 0 Å². The molecule has 152 valence electrons. The molecule has 1 heterocycles. The molecule has 1 amide bonds. The summed E-state index contributed by atoms with van der Waals surface area (Å²) in [6.07, 6.45) is -3.11. The molecule has 0 bridgehead atoms. The van der Waals surface area contributed by atoms with Crippen molar-refractivity contribution in [1.82, 2.24) is 10.2 Å². The third kappa shape index (κ3) is 5.71. The molecule has 0 aliphatic carbocycles. The Hall–Kier alpha value is -3.08. The Morgan fingerprint density at radius 1 is 1.36 bits per heavy atom. The molecule has 2 aromatic rings. The number of nitrogens with zero attached hydrogens (tertiary/aromatic N) is 2. The van der Waals surface area contributed by atoms with Gasteiger partial charge in [0.15, 0.2) is 6.61 Å². The SMILES string of the molecule is CN(C)C(CNC(=O)c1cc(OCC(F)(F)F)ccc1[N+](=O)[O-])c1ccco1. The highest BCUT2D eigenvalue weighted by atomic mass is 19.4. The third-order valence-electron chi connectivity index (χ3n) is 3.76. The van der Waals surface area contributed by atoms with Crippen molar-refractivity contribution in [3.8, 4) is 5.75 Å². The van der Waals surface area contributed by atoms with Gasteiger partial charge in [-0.15, -0.1) is 0 Å². The van der Waals surface area contributed by atoms with E-state index < -0.39 is 34.9 Å². The van der Waals surface area contributed by atoms with Crippen LogP contribution in [-0.4, -0.2) is 49.2 Å². The van der Waals surface area contributed by atoms with Crippen molar-refractivity contribution < 1.29 is 32.0 Å². The van der Waals surface area contributed by atoms with Gasteiger partial charge < -0.3 is 14.5 Å². The Morgan fingerprint density at radius 3 is 2.61 bits per heavy atom. The number of benzene rings is 1. The average molecular weight is 401 g/mol. The van der Waals surface area contributed by atoms with E-state index in [9.17, 15) is 28.1 Å². The van der Waals surface area contributed by atoms with Gasteiger partial charge in [-0.05, 0) is 38.4 Å². The van der Waals surface area contributed by atoms with Gasteiger partial charge in [0, 0.05) is 12.6 Å². The molecular weight excluding hydrogens is 383 g/mol. The number of carbonyl (C=O) groups is 1. The van der Waals surface area contributed by atoms with E-state index in [1.54, 1.807) is 31.1 Å². The van der Waals surface area contributed by atoms with Crippen LogP contribution in [0.4, 0.5) is 18.9 Å². The molecule has 0 fully saturated rings. The number of nitro benzene ring substituents is 1. The second kappa shape index (κ2) is 8.74. The number of ether oxygens (including phenoxy) is 1. The fourth-order valence-corrected chi connectivity index (χ4v) is 2.41. The molecule has 28 heavy (non-hydrogen) atoms. The van der Waals surface area contributed by atoms with E-state index in [0.717, 1.165) is 18.2 Å². The van der Waals surface area contributed by atoms with Gasteiger partial charge in [-0.2, -0.15) is 13.2 Å². The van der Waals surface area contributed by atoms with Crippen LogP contribution >= 0.6 is 0 Å². The van der Waals surface area contributed by atoms with Crippen molar-refractivity contribution >= 4 is 11.6 Å². The van der Waals surface area contributed by atoms with Crippen molar-refractivity contribution in [3.63, 3.8) is 0 Å². The van der Waals surface area contributed by atoms with Gasteiger partial charge >= 0.3 is 6.18 Å². The van der Waals surface area contributed by atoms with Crippen LogP contribution in [0.1, 0.15) is 22.2 Å². The lowest BCUT2D eigenvalue weighted by Crippen LogP contribution is -2.34. The molecule has 1 atom stereocenters. The van der Waals surface area contributed by atoms with Crippen LogP contribution in [0.5, 0.6) is 5.75 Å². The Balaban J connectivity index is 2.18. The molecule has 1 N–H and O–H groups in total. The Bertz CT molecular complexity index is 822. The molecule has 1 aromatic heterocycles. The van der Waals surface area contributed by atoms with Gasteiger partial charge in [0.05, 0.1) is 17.2 Å². The number of hydrogen-bond acceptors (Lipinski definition) is 6. The van der Waals surface area contributed by atoms with Crippen LogP contribution in [0.15, 0.2) is 41.0 Å². The lowest BCUT2D eigenvalue weighted by molar-refractivity contribution is -0.385. The van der Waals surface area contributed by atoms with Crippen LogP contribution in [0.3, 0.4) is 0 Å². The summed E-state index contributed by atoms with van der Waals surface area (Å²) in [4.78, 5) is 24.6. The number of likely N-dealkylation sites (N-methyl/N-ethyl adjacent to an activating group) is 1. The van der Waals surface area contributed by atoms with E-state index >= 15 is 0 Å². The molecule has 0 aliphatic heterocycles. The predicted molar refractivity (Wildman–Crippen MR) is 92.1 cm³/mol.